The number of para-hydroxylation sites is 1. The van der Waals surface area contributed by atoms with Crippen molar-refractivity contribution in [3.63, 3.8) is 0 Å². The van der Waals surface area contributed by atoms with Crippen molar-refractivity contribution in [1.82, 2.24) is 9.55 Å². The smallest absolute Gasteiger partial charge is 0.376 e. The molecule has 5 unspecified atom stereocenters. The van der Waals surface area contributed by atoms with Gasteiger partial charge in [0.1, 0.15) is 18.0 Å². The van der Waals surface area contributed by atoms with Gasteiger partial charge in [-0.2, -0.15) is 0 Å². The van der Waals surface area contributed by atoms with Crippen molar-refractivity contribution in [1.29, 1.82) is 0 Å². The van der Waals surface area contributed by atoms with Gasteiger partial charge in [0.2, 0.25) is 0 Å². The minimum atomic E-state index is -3.59. The molecule has 1 aliphatic rings. The van der Waals surface area contributed by atoms with E-state index in [0.717, 1.165) is 16.8 Å². The van der Waals surface area contributed by atoms with Crippen LogP contribution in [0.25, 0.3) is 0 Å². The summed E-state index contributed by atoms with van der Waals surface area (Å²) in [5.41, 5.74) is -3.84. The summed E-state index contributed by atoms with van der Waals surface area (Å²) in [7, 11) is -3.59. The van der Waals surface area contributed by atoms with Crippen LogP contribution in [-0.4, -0.2) is 50.8 Å². The third-order valence-corrected chi connectivity index (χ3v) is 5.47. The third kappa shape index (κ3) is 4.34. The van der Waals surface area contributed by atoms with Gasteiger partial charge in [0.25, 0.3) is 5.56 Å². The van der Waals surface area contributed by atoms with E-state index in [9.17, 15) is 24.4 Å². The molecule has 0 amide bonds. The molecule has 10 nitrogen and oxygen atoms in total. The molecule has 1 saturated heterocycles. The second-order valence-electron chi connectivity index (χ2n) is 6.43. The summed E-state index contributed by atoms with van der Waals surface area (Å²) in [5, 5.41) is 21.1. The molecule has 2 heterocycles. The van der Waals surface area contributed by atoms with Crippen molar-refractivity contribution < 1.29 is 28.6 Å². The van der Waals surface area contributed by atoms with E-state index in [1.165, 1.54) is 6.66 Å². The Kier molecular flexibility index (Phi) is 5.80. The predicted octanol–water partition coefficient (Wildman–Crippen LogP) is 0.0777. The highest BCUT2D eigenvalue weighted by atomic mass is 31.2. The fourth-order valence-electron chi connectivity index (χ4n) is 2.86. The Balaban J connectivity index is 1.77. The molecule has 1 fully saturated rings. The summed E-state index contributed by atoms with van der Waals surface area (Å²) < 4.78 is 29.5. The molecule has 1 aliphatic heterocycles. The highest BCUT2D eigenvalue weighted by Crippen LogP contribution is 2.46. The molecule has 0 bridgehead atoms. The molecule has 0 saturated carbocycles. The van der Waals surface area contributed by atoms with E-state index in [1.807, 2.05) is 10.9 Å². The summed E-state index contributed by atoms with van der Waals surface area (Å²) in [6.45, 7) is 0.791. The number of rotatable bonds is 6. The van der Waals surface area contributed by atoms with Gasteiger partial charge >= 0.3 is 13.3 Å². The maximum atomic E-state index is 12.5. The van der Waals surface area contributed by atoms with E-state index in [1.54, 1.807) is 30.3 Å². The van der Waals surface area contributed by atoms with E-state index in [2.05, 4.69) is 0 Å². The number of benzene rings is 1. The molecule has 3 N–H and O–H groups in total. The topological polar surface area (TPSA) is 140 Å². The number of H-pyrrole nitrogens is 1. The van der Waals surface area contributed by atoms with Crippen molar-refractivity contribution in [3.8, 4) is 18.1 Å². The lowest BCUT2D eigenvalue weighted by Gasteiger charge is -2.26. The van der Waals surface area contributed by atoms with Crippen LogP contribution in [0.1, 0.15) is 6.23 Å². The van der Waals surface area contributed by atoms with Gasteiger partial charge < -0.3 is 19.5 Å². The molecule has 154 valence electrons. The molecule has 0 spiro atoms. The van der Waals surface area contributed by atoms with Crippen molar-refractivity contribution in [2.24, 2.45) is 0 Å². The van der Waals surface area contributed by atoms with E-state index < -0.39 is 49.5 Å². The number of aliphatic hydroxyl groups excluding tert-OH is 1. The van der Waals surface area contributed by atoms with Crippen LogP contribution < -0.4 is 15.8 Å². The van der Waals surface area contributed by atoms with Crippen LogP contribution in [0.2, 0.25) is 0 Å². The number of hydrogen-bond acceptors (Lipinski definition) is 8. The lowest BCUT2D eigenvalue weighted by molar-refractivity contribution is -0.0755. The van der Waals surface area contributed by atoms with E-state index in [-0.39, 0.29) is 0 Å². The number of terminal acetylenes is 1. The number of hydrogen-bond donors (Lipinski definition) is 3. The molecular weight excluding hydrogens is 403 g/mol. The number of nitrogens with zero attached hydrogens (tertiary/aromatic N) is 1. The molecule has 29 heavy (non-hydrogen) atoms. The zero-order valence-electron chi connectivity index (χ0n) is 15.3. The summed E-state index contributed by atoms with van der Waals surface area (Å²) >= 11 is 0. The fraction of sp³-hybridized carbons (Fsp3) is 0.333. The van der Waals surface area contributed by atoms with Crippen LogP contribution in [0, 0.1) is 12.3 Å². The average molecular weight is 422 g/mol. The second kappa shape index (κ2) is 7.99. The van der Waals surface area contributed by atoms with Gasteiger partial charge in [0.05, 0.1) is 6.61 Å². The van der Waals surface area contributed by atoms with Crippen molar-refractivity contribution in [2.45, 2.75) is 24.0 Å². The first-order chi connectivity index (χ1) is 13.7. The molecule has 5 atom stereocenters. The second-order valence-corrected chi connectivity index (χ2v) is 8.41. The predicted molar refractivity (Wildman–Crippen MR) is 102 cm³/mol. The Morgan fingerprint density at radius 3 is 2.66 bits per heavy atom. The van der Waals surface area contributed by atoms with Crippen LogP contribution in [0.5, 0.6) is 5.75 Å². The average Bonchev–Trinajstić information content (AvgIpc) is 2.92. The van der Waals surface area contributed by atoms with Crippen LogP contribution >= 0.6 is 7.60 Å². The molecule has 3 rings (SSSR count). The Hall–Kier alpha value is -2.67. The highest BCUT2D eigenvalue weighted by molar-refractivity contribution is 7.53. The van der Waals surface area contributed by atoms with Gasteiger partial charge in [-0.1, -0.05) is 24.1 Å². The SMILES string of the molecule is C#CC1(O)C(O)C(COP(C)(=O)Oc2ccccc2)OC1n1ccc(=O)[nH]c1=O. The summed E-state index contributed by atoms with van der Waals surface area (Å²) in [6, 6.07) is 9.37. The first-order valence-electron chi connectivity index (χ1n) is 8.48. The zero-order chi connectivity index (χ0) is 21.2. The molecule has 2 aromatic rings. The third-order valence-electron chi connectivity index (χ3n) is 4.31. The molecule has 1 aromatic carbocycles. The quantitative estimate of drug-likeness (QED) is 0.439. The van der Waals surface area contributed by atoms with Crippen LogP contribution in [0.3, 0.4) is 0 Å². The molecule has 1 aromatic heterocycles. The number of aromatic amines is 1. The van der Waals surface area contributed by atoms with Gasteiger partial charge in [0, 0.05) is 18.9 Å². The Morgan fingerprint density at radius 1 is 1.34 bits per heavy atom. The fourth-order valence-corrected chi connectivity index (χ4v) is 3.83. The minimum Gasteiger partial charge on any atom is -0.425 e. The van der Waals surface area contributed by atoms with Crippen molar-refractivity contribution >= 4 is 7.60 Å². The summed E-state index contributed by atoms with van der Waals surface area (Å²) in [6.07, 6.45) is 2.03. The van der Waals surface area contributed by atoms with E-state index in [0.29, 0.717) is 5.75 Å². The monoisotopic (exact) mass is 422 g/mol. The van der Waals surface area contributed by atoms with E-state index >= 15 is 0 Å². The molecule has 0 aliphatic carbocycles. The maximum absolute atomic E-state index is 12.5. The first-order valence-corrected chi connectivity index (χ1v) is 10.5. The largest absolute Gasteiger partial charge is 0.425 e. The standard InChI is InChI=1S/C18H19N2O8P/c1-3-18(24)15(22)13(27-16(18)20-10-9-14(21)19-17(20)23)11-26-29(2,25)28-12-7-5-4-6-8-12/h1,4-10,13,15-16,22,24H,11H2,2H3,(H,19,21,23). The Bertz CT molecular complexity index is 1080. The molecular formula is C18H19N2O8P. The number of ether oxygens (including phenoxy) is 1. The lowest BCUT2D eigenvalue weighted by Crippen LogP contribution is -2.48. The van der Waals surface area contributed by atoms with Gasteiger partial charge in [-0.15, -0.1) is 6.42 Å². The van der Waals surface area contributed by atoms with Gasteiger partial charge in [-0.25, -0.2) is 9.36 Å². The van der Waals surface area contributed by atoms with Crippen LogP contribution in [0.15, 0.2) is 52.2 Å². The van der Waals surface area contributed by atoms with Crippen molar-refractivity contribution in [2.75, 3.05) is 13.3 Å². The lowest BCUT2D eigenvalue weighted by atomic mass is 9.95. The number of nitrogens with one attached hydrogen (secondary N) is 1. The first kappa shape index (κ1) is 21.0. The minimum absolute atomic E-state index is 0.323. The summed E-state index contributed by atoms with van der Waals surface area (Å²) in [4.78, 5) is 25.3. The Labute approximate surface area is 165 Å². The normalized spacial score (nSPS) is 28.4. The highest BCUT2D eigenvalue weighted by Gasteiger charge is 2.56. The maximum Gasteiger partial charge on any atom is 0.376 e. The van der Waals surface area contributed by atoms with E-state index in [4.69, 9.17) is 20.2 Å². The van der Waals surface area contributed by atoms with Crippen LogP contribution in [0.4, 0.5) is 0 Å². The van der Waals surface area contributed by atoms with Gasteiger partial charge in [-0.05, 0) is 12.1 Å². The van der Waals surface area contributed by atoms with Gasteiger partial charge in [0.15, 0.2) is 11.8 Å². The molecule has 11 heteroatoms. The van der Waals surface area contributed by atoms with Crippen LogP contribution in [-0.2, 0) is 13.8 Å². The van der Waals surface area contributed by atoms with Gasteiger partial charge in [-0.3, -0.25) is 18.9 Å². The summed E-state index contributed by atoms with van der Waals surface area (Å²) in [5.74, 6) is 2.34. The Morgan fingerprint density at radius 2 is 2.03 bits per heavy atom. The zero-order valence-corrected chi connectivity index (χ0v) is 16.2. The number of aliphatic hydroxyl groups is 2. The molecule has 0 radical (unpaired) electrons. The number of aromatic nitrogens is 2. The van der Waals surface area contributed by atoms with Crippen molar-refractivity contribution in [3.05, 3.63) is 63.4 Å².